The Morgan fingerprint density at radius 3 is 3.10 bits per heavy atom. The highest BCUT2D eigenvalue weighted by Gasteiger charge is 1.95. The summed E-state index contributed by atoms with van der Waals surface area (Å²) in [6, 6.07) is 8.67. The molecule has 0 saturated heterocycles. The van der Waals surface area contributed by atoms with Crippen molar-refractivity contribution < 1.29 is 4.74 Å². The average Bonchev–Trinajstić information content (AvgIpc) is 1.94. The molecule has 1 aromatic rings. The van der Waals surface area contributed by atoms with Crippen LogP contribution in [0.15, 0.2) is 18.2 Å². The van der Waals surface area contributed by atoms with Crippen molar-refractivity contribution in [1.82, 2.24) is 0 Å². The van der Waals surface area contributed by atoms with Crippen molar-refractivity contribution >= 4 is 22.6 Å². The molecule has 0 fully saturated rings. The Bertz CT molecular complexity index is 210. The number of ether oxygens (including phenoxy) is 1. The zero-order valence-corrected chi connectivity index (χ0v) is 7.88. The van der Waals surface area contributed by atoms with E-state index < -0.39 is 0 Å². The molecule has 0 amide bonds. The van der Waals surface area contributed by atoms with Gasteiger partial charge < -0.3 is 4.74 Å². The Hall–Kier alpha value is -0.250. The number of rotatable bonds is 2. The Morgan fingerprint density at radius 1 is 1.70 bits per heavy atom. The summed E-state index contributed by atoms with van der Waals surface area (Å²) in [6.45, 7) is 2.69. The van der Waals surface area contributed by atoms with Crippen LogP contribution in [0, 0.1) is 9.64 Å². The summed E-state index contributed by atoms with van der Waals surface area (Å²) in [5.41, 5.74) is 0. The first kappa shape index (κ1) is 7.85. The summed E-state index contributed by atoms with van der Waals surface area (Å²) in [5.74, 6) is 0.922. The van der Waals surface area contributed by atoms with Crippen LogP contribution in [0.4, 0.5) is 0 Å². The lowest BCUT2D eigenvalue weighted by Crippen LogP contribution is -1.92. The quantitative estimate of drug-likeness (QED) is 0.729. The van der Waals surface area contributed by atoms with Crippen LogP contribution in [0.2, 0.25) is 0 Å². The molecular formula is C8H8IO. The first-order valence-corrected chi connectivity index (χ1v) is 4.21. The van der Waals surface area contributed by atoms with E-state index in [1.807, 2.05) is 25.1 Å². The molecule has 0 bridgehead atoms. The maximum atomic E-state index is 5.30. The van der Waals surface area contributed by atoms with Gasteiger partial charge in [-0.1, -0.05) is 6.07 Å². The van der Waals surface area contributed by atoms with E-state index in [1.165, 1.54) is 0 Å². The second kappa shape index (κ2) is 3.81. The highest BCUT2D eigenvalue weighted by Crippen LogP contribution is 2.18. The molecule has 0 spiro atoms. The van der Waals surface area contributed by atoms with Crippen LogP contribution in [0.25, 0.3) is 0 Å². The van der Waals surface area contributed by atoms with Gasteiger partial charge in [-0.2, -0.15) is 0 Å². The highest BCUT2D eigenvalue weighted by molar-refractivity contribution is 14.1. The van der Waals surface area contributed by atoms with Crippen LogP contribution in [-0.4, -0.2) is 6.61 Å². The van der Waals surface area contributed by atoms with Crippen LogP contribution in [-0.2, 0) is 0 Å². The molecule has 0 saturated carbocycles. The third-order valence-electron chi connectivity index (χ3n) is 1.08. The van der Waals surface area contributed by atoms with Gasteiger partial charge in [0.25, 0.3) is 0 Å². The molecule has 1 radical (unpaired) electrons. The van der Waals surface area contributed by atoms with Crippen LogP contribution in [0.5, 0.6) is 5.75 Å². The van der Waals surface area contributed by atoms with E-state index in [-0.39, 0.29) is 0 Å². The fourth-order valence-electron chi connectivity index (χ4n) is 0.662. The Labute approximate surface area is 74.5 Å². The van der Waals surface area contributed by atoms with Crippen LogP contribution in [0.3, 0.4) is 0 Å². The largest absolute Gasteiger partial charge is 0.493 e. The Balaban J connectivity index is 2.81. The maximum absolute atomic E-state index is 5.30. The minimum atomic E-state index is 0.716. The minimum absolute atomic E-state index is 0.716. The number of hydrogen-bond donors (Lipinski definition) is 0. The molecule has 0 aliphatic heterocycles. The van der Waals surface area contributed by atoms with Gasteiger partial charge in [-0.05, 0) is 47.7 Å². The first-order chi connectivity index (χ1) is 4.84. The summed E-state index contributed by atoms with van der Waals surface area (Å²) in [6.07, 6.45) is 0. The average molecular weight is 247 g/mol. The molecule has 0 N–H and O–H groups in total. The molecule has 10 heavy (non-hydrogen) atoms. The summed E-state index contributed by atoms with van der Waals surface area (Å²) in [4.78, 5) is 0. The normalized spacial score (nSPS) is 9.40. The van der Waals surface area contributed by atoms with Crippen molar-refractivity contribution in [3.8, 4) is 5.75 Å². The molecule has 0 aromatic heterocycles. The van der Waals surface area contributed by atoms with Gasteiger partial charge in [0.05, 0.1) is 10.2 Å². The molecule has 1 aromatic carbocycles. The maximum Gasteiger partial charge on any atom is 0.133 e. The van der Waals surface area contributed by atoms with Crippen molar-refractivity contribution in [2.45, 2.75) is 6.92 Å². The summed E-state index contributed by atoms with van der Waals surface area (Å²) in [7, 11) is 0. The number of benzene rings is 1. The molecule has 0 unspecified atom stereocenters. The molecule has 0 aliphatic rings. The van der Waals surface area contributed by atoms with Crippen molar-refractivity contribution in [2.24, 2.45) is 0 Å². The van der Waals surface area contributed by atoms with Crippen LogP contribution >= 0.6 is 22.6 Å². The summed E-state index contributed by atoms with van der Waals surface area (Å²) >= 11 is 2.24. The number of hydrogen-bond acceptors (Lipinski definition) is 1. The van der Waals surface area contributed by atoms with E-state index >= 15 is 0 Å². The molecule has 1 rings (SSSR count). The fraction of sp³-hybridized carbons (Fsp3) is 0.250. The summed E-state index contributed by atoms with van der Waals surface area (Å²) < 4.78 is 6.44. The smallest absolute Gasteiger partial charge is 0.133 e. The van der Waals surface area contributed by atoms with Crippen molar-refractivity contribution in [3.05, 3.63) is 27.8 Å². The lowest BCUT2D eigenvalue weighted by atomic mass is 10.3. The van der Waals surface area contributed by atoms with E-state index in [0.717, 1.165) is 9.32 Å². The van der Waals surface area contributed by atoms with Gasteiger partial charge in [-0.25, -0.2) is 0 Å². The second-order valence-corrected chi connectivity index (χ2v) is 2.95. The van der Waals surface area contributed by atoms with Gasteiger partial charge in [-0.15, -0.1) is 0 Å². The summed E-state index contributed by atoms with van der Waals surface area (Å²) in [5, 5.41) is 0. The van der Waals surface area contributed by atoms with Crippen molar-refractivity contribution in [2.75, 3.05) is 6.61 Å². The van der Waals surface area contributed by atoms with E-state index in [2.05, 4.69) is 28.7 Å². The molecule has 0 aliphatic carbocycles. The SMILES string of the molecule is CCOc1c[c]ccc1I. The zero-order valence-electron chi connectivity index (χ0n) is 5.73. The Kier molecular flexibility index (Phi) is 2.99. The molecule has 1 nitrogen and oxygen atoms in total. The Morgan fingerprint density at radius 2 is 2.50 bits per heavy atom. The fourth-order valence-corrected chi connectivity index (χ4v) is 1.15. The molecule has 0 heterocycles. The monoisotopic (exact) mass is 247 g/mol. The first-order valence-electron chi connectivity index (χ1n) is 3.13. The topological polar surface area (TPSA) is 9.23 Å². The minimum Gasteiger partial charge on any atom is -0.493 e. The molecule has 2 heteroatoms. The third kappa shape index (κ3) is 1.87. The standard InChI is InChI=1S/C8H8IO/c1-2-10-8-6-4-3-5-7(8)9/h3,5-6H,2H2,1H3. The van der Waals surface area contributed by atoms with Gasteiger partial charge in [0, 0.05) is 0 Å². The van der Waals surface area contributed by atoms with Gasteiger partial charge >= 0.3 is 0 Å². The van der Waals surface area contributed by atoms with Gasteiger partial charge in [0.1, 0.15) is 5.75 Å². The molecule has 0 atom stereocenters. The second-order valence-electron chi connectivity index (χ2n) is 1.79. The lowest BCUT2D eigenvalue weighted by molar-refractivity contribution is 0.338. The van der Waals surface area contributed by atoms with E-state index in [4.69, 9.17) is 4.74 Å². The van der Waals surface area contributed by atoms with Crippen molar-refractivity contribution in [1.29, 1.82) is 0 Å². The van der Waals surface area contributed by atoms with Gasteiger partial charge in [0.15, 0.2) is 0 Å². The van der Waals surface area contributed by atoms with Gasteiger partial charge in [-0.3, -0.25) is 0 Å². The zero-order chi connectivity index (χ0) is 7.40. The van der Waals surface area contributed by atoms with Crippen LogP contribution < -0.4 is 4.74 Å². The third-order valence-corrected chi connectivity index (χ3v) is 1.97. The van der Waals surface area contributed by atoms with E-state index in [0.29, 0.717) is 6.61 Å². The van der Waals surface area contributed by atoms with E-state index in [9.17, 15) is 0 Å². The highest BCUT2D eigenvalue weighted by atomic mass is 127. The van der Waals surface area contributed by atoms with Crippen LogP contribution in [0.1, 0.15) is 6.92 Å². The van der Waals surface area contributed by atoms with Gasteiger partial charge in [0.2, 0.25) is 0 Å². The predicted octanol–water partition coefficient (Wildman–Crippen LogP) is 2.49. The number of halogens is 1. The predicted molar refractivity (Wildman–Crippen MR) is 49.2 cm³/mol. The van der Waals surface area contributed by atoms with E-state index in [1.54, 1.807) is 0 Å². The van der Waals surface area contributed by atoms with Crippen molar-refractivity contribution in [3.63, 3.8) is 0 Å². The molecular weight excluding hydrogens is 239 g/mol. The molecule has 53 valence electrons. The lowest BCUT2D eigenvalue weighted by Gasteiger charge is -2.02.